The first-order valence-corrected chi connectivity index (χ1v) is 8.13. The molecule has 2 N–H and O–H groups in total. The Morgan fingerprint density at radius 1 is 1.20 bits per heavy atom. The van der Waals surface area contributed by atoms with Gasteiger partial charge in [-0.25, -0.2) is 0 Å². The normalized spacial score (nSPS) is 24.3. The Balaban J connectivity index is 1.56. The minimum atomic E-state index is -0.273. The molecule has 0 aromatic heterocycles. The summed E-state index contributed by atoms with van der Waals surface area (Å²) in [6.45, 7) is 7.51. The molecule has 1 saturated heterocycles. The highest BCUT2D eigenvalue weighted by atomic mass is 16.5. The van der Waals surface area contributed by atoms with Crippen LogP contribution in [-0.4, -0.2) is 86.6 Å². The van der Waals surface area contributed by atoms with Crippen molar-refractivity contribution < 1.29 is 9.84 Å². The van der Waals surface area contributed by atoms with Gasteiger partial charge in [-0.15, -0.1) is 0 Å². The van der Waals surface area contributed by atoms with Gasteiger partial charge in [-0.05, 0) is 12.8 Å². The largest absolute Gasteiger partial charge is 0.390 e. The van der Waals surface area contributed by atoms with E-state index in [1.165, 1.54) is 38.8 Å². The van der Waals surface area contributed by atoms with E-state index in [9.17, 15) is 5.11 Å². The van der Waals surface area contributed by atoms with Crippen LogP contribution < -0.4 is 5.32 Å². The fraction of sp³-hybridized carbons (Fsp3) is 1.00. The second-order valence-corrected chi connectivity index (χ2v) is 6.13. The van der Waals surface area contributed by atoms with Gasteiger partial charge in [-0.1, -0.05) is 12.8 Å². The van der Waals surface area contributed by atoms with Gasteiger partial charge in [-0.2, -0.15) is 0 Å². The number of aliphatic hydroxyl groups is 1. The topological polar surface area (TPSA) is 48.0 Å². The summed E-state index contributed by atoms with van der Waals surface area (Å²) in [5, 5.41) is 13.2. The second kappa shape index (κ2) is 8.95. The van der Waals surface area contributed by atoms with Crippen LogP contribution >= 0.6 is 0 Å². The summed E-state index contributed by atoms with van der Waals surface area (Å²) in [5.41, 5.74) is 0. The summed E-state index contributed by atoms with van der Waals surface area (Å²) in [6.07, 6.45) is 5.34. The average Bonchev–Trinajstić information content (AvgIpc) is 2.99. The summed E-state index contributed by atoms with van der Waals surface area (Å²) in [4.78, 5) is 5.06. The molecule has 0 amide bonds. The van der Waals surface area contributed by atoms with Gasteiger partial charge in [0.15, 0.2) is 0 Å². The van der Waals surface area contributed by atoms with Crippen LogP contribution in [0.5, 0.6) is 0 Å². The fourth-order valence-corrected chi connectivity index (χ4v) is 3.39. The third-order valence-corrected chi connectivity index (χ3v) is 4.58. The molecule has 2 rings (SSSR count). The molecule has 5 nitrogen and oxygen atoms in total. The van der Waals surface area contributed by atoms with E-state index in [0.29, 0.717) is 13.2 Å². The molecule has 2 fully saturated rings. The number of aliphatic hydroxyl groups excluding tert-OH is 1. The summed E-state index contributed by atoms with van der Waals surface area (Å²) >= 11 is 0. The van der Waals surface area contributed by atoms with Crippen molar-refractivity contribution in [2.75, 3.05) is 59.5 Å². The zero-order valence-corrected chi connectivity index (χ0v) is 12.9. The van der Waals surface area contributed by atoms with E-state index in [1.54, 1.807) is 7.11 Å². The smallest absolute Gasteiger partial charge is 0.0791 e. The van der Waals surface area contributed by atoms with E-state index in [1.807, 2.05) is 0 Å². The standard InChI is InChI=1S/C15H31N3O2/c1-20-11-6-16-12-15(19)13-17-7-9-18(10-8-17)14-4-2-3-5-14/h14-16,19H,2-13H2,1H3. The Morgan fingerprint density at radius 2 is 1.90 bits per heavy atom. The molecule has 0 spiro atoms. The van der Waals surface area contributed by atoms with Crippen molar-refractivity contribution in [3.05, 3.63) is 0 Å². The van der Waals surface area contributed by atoms with Gasteiger partial charge < -0.3 is 15.2 Å². The molecule has 1 heterocycles. The van der Waals surface area contributed by atoms with Crippen LogP contribution in [0.15, 0.2) is 0 Å². The molecule has 118 valence electrons. The lowest BCUT2D eigenvalue weighted by Crippen LogP contribution is -2.52. The van der Waals surface area contributed by atoms with Gasteiger partial charge in [0.25, 0.3) is 0 Å². The number of hydrogen-bond donors (Lipinski definition) is 2. The molecule has 0 aromatic carbocycles. The van der Waals surface area contributed by atoms with Crippen LogP contribution in [0.3, 0.4) is 0 Å². The third-order valence-electron chi connectivity index (χ3n) is 4.58. The molecular weight excluding hydrogens is 254 g/mol. The highest BCUT2D eigenvalue weighted by Gasteiger charge is 2.26. The van der Waals surface area contributed by atoms with Crippen molar-refractivity contribution in [2.24, 2.45) is 0 Å². The van der Waals surface area contributed by atoms with Crippen LogP contribution in [0.25, 0.3) is 0 Å². The van der Waals surface area contributed by atoms with Crippen LogP contribution in [0.2, 0.25) is 0 Å². The number of nitrogens with zero attached hydrogens (tertiary/aromatic N) is 2. The Bertz CT molecular complexity index is 252. The molecule has 2 aliphatic rings. The summed E-state index contributed by atoms with van der Waals surface area (Å²) in [7, 11) is 1.70. The van der Waals surface area contributed by atoms with Crippen LogP contribution in [0.1, 0.15) is 25.7 Å². The lowest BCUT2D eigenvalue weighted by Gasteiger charge is -2.38. The maximum absolute atomic E-state index is 10.0. The number of nitrogens with one attached hydrogen (secondary N) is 1. The Morgan fingerprint density at radius 3 is 2.55 bits per heavy atom. The van der Waals surface area contributed by atoms with Crippen LogP contribution in [0, 0.1) is 0 Å². The van der Waals surface area contributed by atoms with E-state index >= 15 is 0 Å². The van der Waals surface area contributed by atoms with Crippen molar-refractivity contribution in [3.63, 3.8) is 0 Å². The van der Waals surface area contributed by atoms with Crippen molar-refractivity contribution >= 4 is 0 Å². The minimum absolute atomic E-state index is 0.273. The van der Waals surface area contributed by atoms with E-state index < -0.39 is 0 Å². The number of rotatable bonds is 8. The molecule has 5 heteroatoms. The molecule has 1 aliphatic carbocycles. The number of β-amino-alcohol motifs (C(OH)–C–C–N with tert-alkyl or cyclic N) is 1. The average molecular weight is 285 g/mol. The first kappa shape index (κ1) is 16.2. The number of ether oxygens (including phenoxy) is 1. The first-order chi connectivity index (χ1) is 9.79. The summed E-state index contributed by atoms with van der Waals surface area (Å²) < 4.78 is 4.97. The highest BCUT2D eigenvalue weighted by molar-refractivity contribution is 4.82. The number of hydrogen-bond acceptors (Lipinski definition) is 5. The Kier molecular flexibility index (Phi) is 7.24. The quantitative estimate of drug-likeness (QED) is 0.622. The van der Waals surface area contributed by atoms with Gasteiger partial charge in [-0.3, -0.25) is 9.80 Å². The SMILES string of the molecule is COCCNCC(O)CN1CCN(C2CCCC2)CC1. The Labute approximate surface area is 123 Å². The van der Waals surface area contributed by atoms with E-state index in [2.05, 4.69) is 15.1 Å². The molecule has 0 aromatic rings. The maximum atomic E-state index is 10.0. The third kappa shape index (κ3) is 5.30. The number of methoxy groups -OCH3 is 1. The highest BCUT2D eigenvalue weighted by Crippen LogP contribution is 2.24. The van der Waals surface area contributed by atoms with Gasteiger partial charge in [0.2, 0.25) is 0 Å². The lowest BCUT2D eigenvalue weighted by molar-refractivity contribution is 0.0567. The van der Waals surface area contributed by atoms with E-state index in [4.69, 9.17) is 4.74 Å². The van der Waals surface area contributed by atoms with Gasteiger partial charge in [0, 0.05) is 59.0 Å². The molecule has 1 unspecified atom stereocenters. The fourth-order valence-electron chi connectivity index (χ4n) is 3.39. The molecular formula is C15H31N3O2. The summed E-state index contributed by atoms with van der Waals surface area (Å²) in [5.74, 6) is 0. The molecule has 1 saturated carbocycles. The molecule has 1 aliphatic heterocycles. The molecule has 0 bridgehead atoms. The van der Waals surface area contributed by atoms with E-state index in [0.717, 1.165) is 32.2 Å². The van der Waals surface area contributed by atoms with Crippen LogP contribution in [0.4, 0.5) is 0 Å². The predicted octanol–water partition coefficient (Wildman–Crippen LogP) is 0.144. The monoisotopic (exact) mass is 285 g/mol. The predicted molar refractivity (Wildman–Crippen MR) is 81.0 cm³/mol. The first-order valence-electron chi connectivity index (χ1n) is 8.13. The molecule has 1 atom stereocenters. The zero-order chi connectivity index (χ0) is 14.2. The van der Waals surface area contributed by atoms with Crippen molar-refractivity contribution in [1.29, 1.82) is 0 Å². The molecule has 0 radical (unpaired) electrons. The maximum Gasteiger partial charge on any atom is 0.0791 e. The minimum Gasteiger partial charge on any atom is -0.390 e. The van der Waals surface area contributed by atoms with Crippen molar-refractivity contribution in [1.82, 2.24) is 15.1 Å². The lowest BCUT2D eigenvalue weighted by atomic mass is 10.1. The number of piperazine rings is 1. The van der Waals surface area contributed by atoms with E-state index in [-0.39, 0.29) is 6.10 Å². The Hall–Kier alpha value is -0.200. The molecule has 20 heavy (non-hydrogen) atoms. The van der Waals surface area contributed by atoms with Gasteiger partial charge >= 0.3 is 0 Å². The van der Waals surface area contributed by atoms with Crippen molar-refractivity contribution in [3.8, 4) is 0 Å². The van der Waals surface area contributed by atoms with Crippen molar-refractivity contribution in [2.45, 2.75) is 37.8 Å². The van der Waals surface area contributed by atoms with Gasteiger partial charge in [0.05, 0.1) is 12.7 Å². The summed E-state index contributed by atoms with van der Waals surface area (Å²) in [6, 6.07) is 0.845. The van der Waals surface area contributed by atoms with Gasteiger partial charge in [0.1, 0.15) is 0 Å². The van der Waals surface area contributed by atoms with Crippen LogP contribution in [-0.2, 0) is 4.74 Å². The zero-order valence-electron chi connectivity index (χ0n) is 12.9. The second-order valence-electron chi connectivity index (χ2n) is 6.13.